The van der Waals surface area contributed by atoms with Gasteiger partial charge in [-0.05, 0) is 73.9 Å². The third-order valence-electron chi connectivity index (χ3n) is 7.82. The van der Waals surface area contributed by atoms with Crippen LogP contribution in [0, 0.1) is 23.5 Å². The van der Waals surface area contributed by atoms with Crippen LogP contribution in [0.25, 0.3) is 0 Å². The summed E-state index contributed by atoms with van der Waals surface area (Å²) in [4.78, 5) is 16.5. The van der Waals surface area contributed by atoms with Crippen molar-refractivity contribution in [1.29, 1.82) is 0 Å². The van der Waals surface area contributed by atoms with Crippen molar-refractivity contribution in [2.24, 2.45) is 11.8 Å². The van der Waals surface area contributed by atoms with Crippen LogP contribution in [0.4, 0.5) is 14.5 Å². The van der Waals surface area contributed by atoms with E-state index in [-0.39, 0.29) is 34.0 Å². The summed E-state index contributed by atoms with van der Waals surface area (Å²) >= 11 is 6.28. The van der Waals surface area contributed by atoms with Crippen LogP contribution < -0.4 is 5.32 Å². The second-order valence-corrected chi connectivity index (χ2v) is 12.5. The Morgan fingerprint density at radius 1 is 1.08 bits per heavy atom. The fourth-order valence-electron chi connectivity index (χ4n) is 5.87. The number of halogens is 3. The zero-order chi connectivity index (χ0) is 27.2. The van der Waals surface area contributed by atoms with E-state index in [2.05, 4.69) is 10.3 Å². The van der Waals surface area contributed by atoms with E-state index in [0.717, 1.165) is 12.1 Å². The number of anilines is 1. The SMILES string of the molecule is O=C(Nc1ccc(F)c(F)c1)c1ccc(Cl)c(S(=O)(=O)[C@@H]2C[C@H]3CC[C@@H](C2)[C@@]3(O)[C@@H](O)c2cccnc2)c1. The number of amides is 1. The Balaban J connectivity index is 1.39. The van der Waals surface area contributed by atoms with Gasteiger partial charge in [0.25, 0.3) is 5.91 Å². The van der Waals surface area contributed by atoms with Gasteiger partial charge in [-0.15, -0.1) is 0 Å². The number of sulfone groups is 1. The molecular formula is C27H25ClF2N2O5S. The molecule has 2 aliphatic carbocycles. The van der Waals surface area contributed by atoms with Crippen LogP contribution in [-0.2, 0) is 9.84 Å². The average molecular weight is 563 g/mol. The first-order valence-corrected chi connectivity index (χ1v) is 14.0. The molecule has 0 aliphatic heterocycles. The lowest BCUT2D eigenvalue weighted by atomic mass is 9.70. The van der Waals surface area contributed by atoms with Crippen LogP contribution in [-0.4, -0.2) is 40.4 Å². The van der Waals surface area contributed by atoms with Gasteiger partial charge >= 0.3 is 0 Å². The number of rotatable bonds is 6. The Morgan fingerprint density at radius 2 is 1.79 bits per heavy atom. The van der Waals surface area contributed by atoms with Crippen molar-refractivity contribution in [3.8, 4) is 0 Å². The van der Waals surface area contributed by atoms with Crippen molar-refractivity contribution in [1.82, 2.24) is 4.98 Å². The molecule has 200 valence electrons. The van der Waals surface area contributed by atoms with Crippen molar-refractivity contribution >= 4 is 33.0 Å². The second-order valence-electron chi connectivity index (χ2n) is 9.91. The summed E-state index contributed by atoms with van der Waals surface area (Å²) in [6, 6.07) is 10.0. The molecule has 1 heterocycles. The largest absolute Gasteiger partial charge is 0.386 e. The van der Waals surface area contributed by atoms with Crippen molar-refractivity contribution in [3.63, 3.8) is 0 Å². The number of carbonyl (C=O) groups excluding carboxylic acids is 1. The average Bonchev–Trinajstić information content (AvgIpc) is 3.06. The van der Waals surface area contributed by atoms with Gasteiger partial charge in [0.2, 0.25) is 0 Å². The van der Waals surface area contributed by atoms with Gasteiger partial charge in [-0.2, -0.15) is 0 Å². The lowest BCUT2D eigenvalue weighted by Gasteiger charge is -2.45. The van der Waals surface area contributed by atoms with Gasteiger partial charge in [0.1, 0.15) is 11.7 Å². The van der Waals surface area contributed by atoms with E-state index in [0.29, 0.717) is 18.4 Å². The van der Waals surface area contributed by atoms with E-state index >= 15 is 0 Å². The molecule has 2 fully saturated rings. The third-order valence-corrected chi connectivity index (χ3v) is 10.5. The summed E-state index contributed by atoms with van der Waals surface area (Å²) in [7, 11) is -4.03. The van der Waals surface area contributed by atoms with E-state index in [1.807, 2.05) is 0 Å². The van der Waals surface area contributed by atoms with Crippen molar-refractivity contribution < 1.29 is 32.2 Å². The molecule has 2 aromatic carbocycles. The molecule has 7 nitrogen and oxygen atoms in total. The topological polar surface area (TPSA) is 117 Å². The molecule has 3 aromatic rings. The highest BCUT2D eigenvalue weighted by molar-refractivity contribution is 7.92. The molecule has 0 unspecified atom stereocenters. The highest BCUT2D eigenvalue weighted by atomic mass is 35.5. The fraction of sp³-hybridized carbons (Fsp3) is 0.333. The minimum Gasteiger partial charge on any atom is -0.386 e. The molecule has 11 heteroatoms. The number of aliphatic hydroxyl groups is 2. The maximum atomic E-state index is 13.7. The highest BCUT2D eigenvalue weighted by Crippen LogP contribution is 2.56. The van der Waals surface area contributed by atoms with Crippen LogP contribution in [0.1, 0.15) is 47.7 Å². The van der Waals surface area contributed by atoms with Gasteiger partial charge < -0.3 is 15.5 Å². The smallest absolute Gasteiger partial charge is 0.255 e. The molecule has 2 saturated carbocycles. The summed E-state index contributed by atoms with van der Waals surface area (Å²) in [5.41, 5.74) is -1.04. The summed E-state index contributed by atoms with van der Waals surface area (Å²) in [6.45, 7) is 0. The van der Waals surface area contributed by atoms with Crippen molar-refractivity contribution in [2.45, 2.75) is 47.5 Å². The van der Waals surface area contributed by atoms with Gasteiger partial charge in [-0.1, -0.05) is 17.7 Å². The number of carbonyl (C=O) groups is 1. The van der Waals surface area contributed by atoms with Gasteiger partial charge in [-0.3, -0.25) is 9.78 Å². The lowest BCUT2D eigenvalue weighted by molar-refractivity contribution is -0.144. The number of nitrogens with one attached hydrogen (secondary N) is 1. The second kappa shape index (κ2) is 10.00. The van der Waals surface area contributed by atoms with E-state index in [1.165, 1.54) is 30.5 Å². The van der Waals surface area contributed by atoms with Gasteiger partial charge in [0.15, 0.2) is 21.5 Å². The van der Waals surface area contributed by atoms with Gasteiger partial charge in [0.05, 0.1) is 15.2 Å². The Hall–Kier alpha value is -2.92. The summed E-state index contributed by atoms with van der Waals surface area (Å²) in [5.74, 6) is -3.85. The number of benzene rings is 2. The van der Waals surface area contributed by atoms with E-state index < -0.39 is 56.2 Å². The number of aliphatic hydroxyl groups excluding tert-OH is 1. The van der Waals surface area contributed by atoms with E-state index in [9.17, 15) is 32.2 Å². The minimum atomic E-state index is -4.03. The summed E-state index contributed by atoms with van der Waals surface area (Å²) in [5, 5.41) is 24.1. The molecule has 5 atom stereocenters. The van der Waals surface area contributed by atoms with Gasteiger partial charge in [0, 0.05) is 35.3 Å². The normalized spacial score (nSPS) is 25.7. The molecule has 2 bridgehead atoms. The molecular weight excluding hydrogens is 538 g/mol. The predicted octanol–water partition coefficient (Wildman–Crippen LogP) is 4.69. The van der Waals surface area contributed by atoms with E-state index in [4.69, 9.17) is 11.6 Å². The van der Waals surface area contributed by atoms with Crippen LogP contribution in [0.3, 0.4) is 0 Å². The van der Waals surface area contributed by atoms with Crippen molar-refractivity contribution in [2.75, 3.05) is 5.32 Å². The number of nitrogens with zero attached hydrogens (tertiary/aromatic N) is 1. The Labute approximate surface area is 223 Å². The maximum Gasteiger partial charge on any atom is 0.255 e. The first kappa shape index (κ1) is 26.7. The van der Waals surface area contributed by atoms with Crippen molar-refractivity contribution in [3.05, 3.63) is 88.7 Å². The van der Waals surface area contributed by atoms with Crippen LogP contribution >= 0.6 is 11.6 Å². The molecule has 0 saturated heterocycles. The fourth-order valence-corrected chi connectivity index (χ4v) is 8.27. The predicted molar refractivity (Wildman–Crippen MR) is 136 cm³/mol. The Bertz CT molecular complexity index is 1470. The standard InChI is InChI=1S/C27H25ClF2N2O5S/c28-21-7-3-15(26(34)32-19-6-8-22(29)23(30)13-19)10-24(21)38(36,37)20-11-17-4-5-18(12-20)27(17,35)25(33)16-2-1-9-31-14-16/h1-3,6-10,13-14,17-18,20,25,33,35H,4-5,11-12H2,(H,32,34)/t17-,18+,20-,25-,27-/m0/s1. The van der Waals surface area contributed by atoms with E-state index in [1.54, 1.807) is 18.3 Å². The van der Waals surface area contributed by atoms with Gasteiger partial charge in [-0.25, -0.2) is 17.2 Å². The third kappa shape index (κ3) is 4.59. The first-order valence-electron chi connectivity index (χ1n) is 12.1. The number of fused-ring (bicyclic) bond motifs is 2. The molecule has 2 aliphatic rings. The maximum absolute atomic E-state index is 13.7. The zero-order valence-corrected chi connectivity index (χ0v) is 21.6. The lowest BCUT2D eigenvalue weighted by Crippen LogP contribution is -2.52. The summed E-state index contributed by atoms with van der Waals surface area (Å²) < 4.78 is 54.2. The molecule has 3 N–H and O–H groups in total. The first-order chi connectivity index (χ1) is 18.0. The monoisotopic (exact) mass is 562 g/mol. The molecule has 38 heavy (non-hydrogen) atoms. The highest BCUT2D eigenvalue weighted by Gasteiger charge is 2.59. The zero-order valence-electron chi connectivity index (χ0n) is 20.0. The van der Waals surface area contributed by atoms with Crippen LogP contribution in [0.15, 0.2) is 65.8 Å². The Kier molecular flexibility index (Phi) is 7.02. The van der Waals surface area contributed by atoms with Crippen LogP contribution in [0.2, 0.25) is 5.02 Å². The molecule has 1 aromatic heterocycles. The number of hydrogen-bond donors (Lipinski definition) is 3. The van der Waals surface area contributed by atoms with Crippen LogP contribution in [0.5, 0.6) is 0 Å². The molecule has 0 spiro atoms. The minimum absolute atomic E-state index is 0.00331. The Morgan fingerprint density at radius 3 is 2.42 bits per heavy atom. The number of pyridine rings is 1. The molecule has 0 radical (unpaired) electrons. The summed E-state index contributed by atoms with van der Waals surface area (Å²) in [6.07, 6.45) is 3.21. The number of aromatic nitrogens is 1. The molecule has 5 rings (SSSR count). The quantitative estimate of drug-likeness (QED) is 0.401. The molecule has 1 amide bonds. The number of hydrogen-bond acceptors (Lipinski definition) is 6.